The van der Waals surface area contributed by atoms with Gasteiger partial charge in [-0.15, -0.1) is 0 Å². The Morgan fingerprint density at radius 3 is 2.40 bits per heavy atom. The number of hydrogen-bond acceptors (Lipinski definition) is 3. The summed E-state index contributed by atoms with van der Waals surface area (Å²) in [6.45, 7) is 5.08. The molecule has 0 radical (unpaired) electrons. The minimum atomic E-state index is 0.286. The maximum absolute atomic E-state index is 12.5. The van der Waals surface area contributed by atoms with Crippen molar-refractivity contribution < 1.29 is 9.53 Å². The van der Waals surface area contributed by atoms with Crippen molar-refractivity contribution >= 4 is 16.9 Å². The lowest BCUT2D eigenvalue weighted by Crippen LogP contribution is -2.54. The Morgan fingerprint density at radius 2 is 1.68 bits per heavy atom. The second kappa shape index (κ2) is 6.55. The lowest BCUT2D eigenvalue weighted by molar-refractivity contribution is -0.136. The molecule has 0 heterocycles. The highest BCUT2D eigenvalue weighted by Gasteiger charge is 2.61. The third kappa shape index (κ3) is 2.66. The summed E-state index contributed by atoms with van der Waals surface area (Å²) in [5.74, 6) is 3.75. The highest BCUT2D eigenvalue weighted by Crippen LogP contribution is 2.67. The summed E-state index contributed by atoms with van der Waals surface area (Å²) in [4.78, 5) is 12.5. The summed E-state index contributed by atoms with van der Waals surface area (Å²) in [6, 6.07) is 0. The number of thioether (sulfide) groups is 1. The van der Waals surface area contributed by atoms with Crippen molar-refractivity contribution in [2.24, 2.45) is 40.4 Å². The summed E-state index contributed by atoms with van der Waals surface area (Å²) in [6.07, 6.45) is 14.3. The molecule has 0 amide bonds. The van der Waals surface area contributed by atoms with Crippen LogP contribution in [-0.4, -0.2) is 24.6 Å². The molecule has 0 aromatic rings. The topological polar surface area (TPSA) is 26.3 Å². The average Bonchev–Trinajstić information content (AvgIpc) is 2.97. The fourth-order valence-electron chi connectivity index (χ4n) is 7.96. The molecule has 0 saturated heterocycles. The zero-order valence-corrected chi connectivity index (χ0v) is 17.4. The van der Waals surface area contributed by atoms with Crippen LogP contribution in [0.25, 0.3) is 0 Å². The van der Waals surface area contributed by atoms with E-state index in [4.69, 9.17) is 4.74 Å². The standard InChI is InChI=1S/C22H36O2S/c1-21-11-9-15(24-3)13-14(21)5-6-16-17-7-8-19(20(23)25-4)22(17,2)12-10-18(16)21/h14-19H,5-13H2,1-4H3/t14?,15-,16?,17?,18?,19+,21-,22-/m0/s1. The zero-order valence-electron chi connectivity index (χ0n) is 16.6. The number of fused-ring (bicyclic) bond motifs is 5. The molecule has 4 fully saturated rings. The lowest BCUT2D eigenvalue weighted by Gasteiger charge is -2.61. The minimum Gasteiger partial charge on any atom is -0.381 e. The summed E-state index contributed by atoms with van der Waals surface area (Å²) >= 11 is 1.47. The summed E-state index contributed by atoms with van der Waals surface area (Å²) in [5.41, 5.74) is 0.815. The molecule has 3 heteroatoms. The van der Waals surface area contributed by atoms with Crippen LogP contribution in [0.2, 0.25) is 0 Å². The maximum atomic E-state index is 12.5. The van der Waals surface area contributed by atoms with Gasteiger partial charge in [-0.05, 0) is 98.5 Å². The van der Waals surface area contributed by atoms with E-state index in [0.717, 1.165) is 30.1 Å². The fourth-order valence-corrected chi connectivity index (χ4v) is 8.63. The van der Waals surface area contributed by atoms with Crippen LogP contribution < -0.4 is 0 Å². The number of ether oxygens (including phenoxy) is 1. The van der Waals surface area contributed by atoms with E-state index < -0.39 is 0 Å². The Labute approximate surface area is 158 Å². The van der Waals surface area contributed by atoms with E-state index in [1.54, 1.807) is 0 Å². The molecule has 0 N–H and O–H groups in total. The van der Waals surface area contributed by atoms with Gasteiger partial charge < -0.3 is 4.74 Å². The van der Waals surface area contributed by atoms with Crippen molar-refractivity contribution in [3.63, 3.8) is 0 Å². The van der Waals surface area contributed by atoms with Crippen LogP contribution in [0, 0.1) is 40.4 Å². The molecule has 4 aliphatic carbocycles. The van der Waals surface area contributed by atoms with Crippen molar-refractivity contribution in [2.75, 3.05) is 13.4 Å². The molecule has 4 rings (SSSR count). The predicted octanol–water partition coefficient (Wildman–Crippen LogP) is 5.55. The van der Waals surface area contributed by atoms with Crippen LogP contribution in [0.5, 0.6) is 0 Å². The van der Waals surface area contributed by atoms with Gasteiger partial charge in [0, 0.05) is 13.0 Å². The van der Waals surface area contributed by atoms with Gasteiger partial charge in [0.25, 0.3) is 0 Å². The second-order valence-electron chi connectivity index (χ2n) is 9.99. The Morgan fingerprint density at radius 1 is 0.960 bits per heavy atom. The van der Waals surface area contributed by atoms with Gasteiger partial charge in [0.15, 0.2) is 5.12 Å². The largest absolute Gasteiger partial charge is 0.381 e. The number of rotatable bonds is 2. The lowest BCUT2D eigenvalue weighted by atomic mass is 9.44. The summed E-state index contributed by atoms with van der Waals surface area (Å²) < 4.78 is 5.72. The van der Waals surface area contributed by atoms with E-state index in [1.165, 1.54) is 63.1 Å². The molecule has 8 atom stereocenters. The van der Waals surface area contributed by atoms with E-state index in [1.807, 2.05) is 13.4 Å². The third-order valence-corrected chi connectivity index (χ3v) is 10.1. The zero-order chi connectivity index (χ0) is 17.8. The Hall–Kier alpha value is -0.0200. The number of carbonyl (C=O) groups is 1. The minimum absolute atomic E-state index is 0.286. The molecule has 25 heavy (non-hydrogen) atoms. The molecule has 0 aromatic heterocycles. The van der Waals surface area contributed by atoms with Gasteiger partial charge in [0.05, 0.1) is 6.10 Å². The Bertz CT molecular complexity index is 534. The first kappa shape index (κ1) is 18.3. The van der Waals surface area contributed by atoms with Gasteiger partial charge in [-0.2, -0.15) is 0 Å². The molecule has 4 unspecified atom stereocenters. The van der Waals surface area contributed by atoms with Gasteiger partial charge in [0.2, 0.25) is 0 Å². The normalized spacial score (nSPS) is 52.2. The van der Waals surface area contributed by atoms with Crippen LogP contribution >= 0.6 is 11.8 Å². The van der Waals surface area contributed by atoms with Gasteiger partial charge in [-0.3, -0.25) is 4.79 Å². The van der Waals surface area contributed by atoms with Gasteiger partial charge >= 0.3 is 0 Å². The van der Waals surface area contributed by atoms with Crippen LogP contribution in [0.4, 0.5) is 0 Å². The Balaban J connectivity index is 1.57. The first-order valence-electron chi connectivity index (χ1n) is 10.5. The van der Waals surface area contributed by atoms with Gasteiger partial charge in [0.1, 0.15) is 0 Å². The van der Waals surface area contributed by atoms with Crippen molar-refractivity contribution in [1.82, 2.24) is 0 Å². The number of carbonyl (C=O) groups excluding carboxylic acids is 1. The molecule has 0 aliphatic heterocycles. The molecule has 4 aliphatic rings. The van der Waals surface area contributed by atoms with Gasteiger partial charge in [-0.1, -0.05) is 25.6 Å². The summed E-state index contributed by atoms with van der Waals surface area (Å²) in [7, 11) is 1.90. The molecule has 142 valence electrons. The highest BCUT2D eigenvalue weighted by molar-refractivity contribution is 8.13. The van der Waals surface area contributed by atoms with E-state index >= 15 is 0 Å². The highest BCUT2D eigenvalue weighted by atomic mass is 32.2. The van der Waals surface area contributed by atoms with E-state index in [9.17, 15) is 4.79 Å². The predicted molar refractivity (Wildman–Crippen MR) is 105 cm³/mol. The first-order chi connectivity index (χ1) is 11.9. The van der Waals surface area contributed by atoms with Crippen LogP contribution in [0.3, 0.4) is 0 Å². The Kier molecular flexibility index (Phi) is 4.81. The quantitative estimate of drug-likeness (QED) is 0.642. The molecule has 2 nitrogen and oxygen atoms in total. The molecule has 4 saturated carbocycles. The molecular weight excluding hydrogens is 328 g/mol. The molecular formula is C22H36O2S. The number of methoxy groups -OCH3 is 1. The smallest absolute Gasteiger partial charge is 0.192 e. The van der Waals surface area contributed by atoms with Crippen molar-refractivity contribution in [1.29, 1.82) is 0 Å². The van der Waals surface area contributed by atoms with E-state index in [2.05, 4.69) is 13.8 Å². The van der Waals surface area contributed by atoms with E-state index in [0.29, 0.717) is 22.6 Å². The third-order valence-electron chi connectivity index (χ3n) is 9.44. The monoisotopic (exact) mass is 364 g/mol. The average molecular weight is 365 g/mol. The molecule has 0 aromatic carbocycles. The summed E-state index contributed by atoms with van der Waals surface area (Å²) in [5, 5.41) is 0.462. The van der Waals surface area contributed by atoms with Crippen molar-refractivity contribution in [3.8, 4) is 0 Å². The SMILES string of the molecule is CO[C@H]1CC[C@@]2(C)C(CCC3C2CC[C@@]2(C)C3CC[C@@H]2C(=O)SC)C1. The fraction of sp³-hybridized carbons (Fsp3) is 0.955. The van der Waals surface area contributed by atoms with Crippen LogP contribution in [-0.2, 0) is 9.53 Å². The second-order valence-corrected chi connectivity index (χ2v) is 10.8. The van der Waals surface area contributed by atoms with E-state index in [-0.39, 0.29) is 5.41 Å². The first-order valence-corrected chi connectivity index (χ1v) is 11.8. The number of hydrogen-bond donors (Lipinski definition) is 0. The molecule has 0 bridgehead atoms. The van der Waals surface area contributed by atoms with Crippen molar-refractivity contribution in [3.05, 3.63) is 0 Å². The van der Waals surface area contributed by atoms with Crippen LogP contribution in [0.15, 0.2) is 0 Å². The van der Waals surface area contributed by atoms with Crippen molar-refractivity contribution in [2.45, 2.75) is 77.7 Å². The molecule has 0 spiro atoms. The maximum Gasteiger partial charge on any atom is 0.192 e. The van der Waals surface area contributed by atoms with Crippen LogP contribution in [0.1, 0.15) is 71.6 Å². The van der Waals surface area contributed by atoms with Gasteiger partial charge in [-0.25, -0.2) is 0 Å².